The van der Waals surface area contributed by atoms with E-state index in [0.717, 1.165) is 38.1 Å². The number of nitro groups is 1. The Morgan fingerprint density at radius 1 is 1.19 bits per heavy atom. The van der Waals surface area contributed by atoms with Crippen LogP contribution in [0.15, 0.2) is 29.5 Å². The number of aromatic nitrogens is 2. The second-order valence-corrected chi connectivity index (χ2v) is 7.63. The molecule has 1 aromatic heterocycles. The number of nitrogens with one attached hydrogen (secondary N) is 1. The van der Waals surface area contributed by atoms with E-state index in [0.29, 0.717) is 31.9 Å². The van der Waals surface area contributed by atoms with E-state index in [9.17, 15) is 14.5 Å². The van der Waals surface area contributed by atoms with Crippen molar-refractivity contribution < 1.29 is 14.1 Å². The molecular weight excluding hydrogens is 419 g/mol. The largest absolute Gasteiger partial charge is 0.378 e. The summed E-state index contributed by atoms with van der Waals surface area (Å²) in [6, 6.07) is 4.73. The van der Waals surface area contributed by atoms with Crippen molar-refractivity contribution >= 4 is 29.4 Å². The minimum absolute atomic E-state index is 0.0167. The molecule has 0 radical (unpaired) electrons. The number of morpholine rings is 1. The topological polar surface area (TPSA) is 112 Å². The van der Waals surface area contributed by atoms with Crippen LogP contribution in [0.2, 0.25) is 0 Å². The summed E-state index contributed by atoms with van der Waals surface area (Å²) in [4.78, 5) is 25.2. The lowest BCUT2D eigenvalue weighted by Crippen LogP contribution is -2.44. The summed E-state index contributed by atoms with van der Waals surface area (Å²) in [5, 5.41) is 15.4. The molecule has 2 aromatic rings. The van der Waals surface area contributed by atoms with Crippen LogP contribution >= 0.6 is 0 Å². The Kier molecular flexibility index (Phi) is 6.71. The number of anilines is 3. The SMILES string of the molecule is CN1CCN(c2ccc([N+](=O)[O-])cc2C=NNc2ncc(F)c(N3CCOCC3)n2)CC1. The molecule has 0 amide bonds. The molecule has 2 aliphatic rings. The summed E-state index contributed by atoms with van der Waals surface area (Å²) in [5.41, 5.74) is 4.16. The summed E-state index contributed by atoms with van der Waals surface area (Å²) in [6.07, 6.45) is 2.60. The van der Waals surface area contributed by atoms with Gasteiger partial charge in [-0.3, -0.25) is 10.1 Å². The fourth-order valence-corrected chi connectivity index (χ4v) is 3.66. The van der Waals surface area contributed by atoms with Crippen molar-refractivity contribution in [3.05, 3.63) is 45.9 Å². The van der Waals surface area contributed by atoms with Crippen molar-refractivity contribution in [1.82, 2.24) is 14.9 Å². The third-order valence-electron chi connectivity index (χ3n) is 5.47. The lowest BCUT2D eigenvalue weighted by Gasteiger charge is -2.34. The first-order chi connectivity index (χ1) is 15.5. The molecule has 12 heteroatoms. The highest BCUT2D eigenvalue weighted by molar-refractivity contribution is 5.89. The zero-order chi connectivity index (χ0) is 22.5. The Bertz CT molecular complexity index is 991. The van der Waals surface area contributed by atoms with Gasteiger partial charge < -0.3 is 19.4 Å². The molecule has 4 rings (SSSR count). The van der Waals surface area contributed by atoms with Crippen molar-refractivity contribution in [2.75, 3.05) is 74.8 Å². The number of likely N-dealkylation sites (N-methyl/N-ethyl adjacent to an activating group) is 1. The number of hydrogen-bond donors (Lipinski definition) is 1. The maximum atomic E-state index is 14.2. The van der Waals surface area contributed by atoms with Crippen LogP contribution in [0.1, 0.15) is 5.56 Å². The molecular formula is C20H25FN8O3. The van der Waals surface area contributed by atoms with Crippen LogP contribution in [0.5, 0.6) is 0 Å². The lowest BCUT2D eigenvalue weighted by atomic mass is 10.1. The molecule has 1 aromatic carbocycles. The van der Waals surface area contributed by atoms with Crippen LogP contribution < -0.4 is 15.2 Å². The summed E-state index contributed by atoms with van der Waals surface area (Å²) < 4.78 is 19.5. The molecule has 2 fully saturated rings. The number of halogens is 1. The first-order valence-corrected chi connectivity index (χ1v) is 10.4. The molecule has 2 aliphatic heterocycles. The van der Waals surface area contributed by atoms with Crippen molar-refractivity contribution in [3.8, 4) is 0 Å². The van der Waals surface area contributed by atoms with Gasteiger partial charge in [-0.25, -0.2) is 14.8 Å². The first kappa shape index (κ1) is 21.8. The van der Waals surface area contributed by atoms with Crippen molar-refractivity contribution in [1.29, 1.82) is 0 Å². The smallest absolute Gasteiger partial charge is 0.270 e. The number of hydrazone groups is 1. The molecule has 1 N–H and O–H groups in total. The molecule has 0 spiro atoms. The molecule has 0 aliphatic carbocycles. The Morgan fingerprint density at radius 2 is 1.94 bits per heavy atom. The predicted molar refractivity (Wildman–Crippen MR) is 119 cm³/mol. The maximum absolute atomic E-state index is 14.2. The van der Waals surface area contributed by atoms with Gasteiger partial charge in [0.25, 0.3) is 5.69 Å². The van der Waals surface area contributed by atoms with E-state index in [1.54, 1.807) is 11.0 Å². The van der Waals surface area contributed by atoms with E-state index >= 15 is 0 Å². The van der Waals surface area contributed by atoms with Gasteiger partial charge in [0.1, 0.15) is 0 Å². The molecule has 170 valence electrons. The molecule has 0 atom stereocenters. The van der Waals surface area contributed by atoms with Crippen LogP contribution in [0.4, 0.5) is 27.5 Å². The van der Waals surface area contributed by atoms with E-state index in [1.807, 2.05) is 0 Å². The van der Waals surface area contributed by atoms with Crippen molar-refractivity contribution in [3.63, 3.8) is 0 Å². The van der Waals surface area contributed by atoms with E-state index < -0.39 is 10.7 Å². The zero-order valence-electron chi connectivity index (χ0n) is 17.8. The minimum Gasteiger partial charge on any atom is -0.378 e. The highest BCUT2D eigenvalue weighted by Crippen LogP contribution is 2.25. The average Bonchev–Trinajstić information content (AvgIpc) is 2.81. The molecule has 0 unspecified atom stereocenters. The van der Waals surface area contributed by atoms with E-state index in [1.165, 1.54) is 18.3 Å². The average molecular weight is 444 g/mol. The second-order valence-electron chi connectivity index (χ2n) is 7.63. The fraction of sp³-hybridized carbons (Fsp3) is 0.450. The summed E-state index contributed by atoms with van der Waals surface area (Å²) >= 11 is 0. The quantitative estimate of drug-likeness (QED) is 0.403. The summed E-state index contributed by atoms with van der Waals surface area (Å²) in [6.45, 7) is 5.52. The number of nitro benzene ring substituents is 1. The van der Waals surface area contributed by atoms with Gasteiger partial charge in [-0.2, -0.15) is 10.1 Å². The van der Waals surface area contributed by atoms with Gasteiger partial charge in [-0.05, 0) is 13.1 Å². The van der Waals surface area contributed by atoms with Gasteiger partial charge in [0, 0.05) is 62.7 Å². The second kappa shape index (κ2) is 9.83. The Labute approximate surface area is 184 Å². The third kappa shape index (κ3) is 5.08. The standard InChI is InChI=1S/C20H25FN8O3/c1-26-4-6-27(7-5-26)18-3-2-16(29(30)31)12-15(18)13-23-25-20-22-14-17(21)19(24-20)28-8-10-32-11-9-28/h2-3,12-14H,4-11H2,1H3,(H,22,24,25). The molecule has 0 bridgehead atoms. The molecule has 3 heterocycles. The number of piperazine rings is 1. The normalized spacial score (nSPS) is 17.7. The first-order valence-electron chi connectivity index (χ1n) is 10.4. The van der Waals surface area contributed by atoms with Crippen molar-refractivity contribution in [2.45, 2.75) is 0 Å². The number of hydrogen-bond acceptors (Lipinski definition) is 10. The predicted octanol–water partition coefficient (Wildman–Crippen LogP) is 1.56. The highest BCUT2D eigenvalue weighted by Gasteiger charge is 2.20. The number of nitrogens with zero attached hydrogens (tertiary/aromatic N) is 7. The van der Waals surface area contributed by atoms with Gasteiger partial charge in [-0.1, -0.05) is 0 Å². The van der Waals surface area contributed by atoms with Crippen molar-refractivity contribution in [2.24, 2.45) is 5.10 Å². The van der Waals surface area contributed by atoms with Gasteiger partial charge in [0.2, 0.25) is 5.95 Å². The van der Waals surface area contributed by atoms with Crippen LogP contribution in [0.25, 0.3) is 0 Å². The zero-order valence-corrected chi connectivity index (χ0v) is 17.8. The van der Waals surface area contributed by atoms with E-state index in [4.69, 9.17) is 4.74 Å². The minimum atomic E-state index is -0.516. The molecule has 11 nitrogen and oxygen atoms in total. The third-order valence-corrected chi connectivity index (χ3v) is 5.47. The van der Waals surface area contributed by atoms with Crippen LogP contribution in [-0.2, 0) is 4.74 Å². The molecule has 2 saturated heterocycles. The Balaban J connectivity index is 1.53. The maximum Gasteiger partial charge on any atom is 0.270 e. The molecule has 32 heavy (non-hydrogen) atoms. The number of ether oxygens (including phenoxy) is 1. The Morgan fingerprint density at radius 3 is 2.66 bits per heavy atom. The van der Waals surface area contributed by atoms with Crippen LogP contribution in [0.3, 0.4) is 0 Å². The van der Waals surface area contributed by atoms with Crippen LogP contribution in [0, 0.1) is 15.9 Å². The van der Waals surface area contributed by atoms with Gasteiger partial charge in [-0.15, -0.1) is 0 Å². The van der Waals surface area contributed by atoms with Gasteiger partial charge >= 0.3 is 0 Å². The highest BCUT2D eigenvalue weighted by atomic mass is 19.1. The van der Waals surface area contributed by atoms with Crippen LogP contribution in [-0.4, -0.2) is 85.5 Å². The lowest BCUT2D eigenvalue weighted by molar-refractivity contribution is -0.384. The fourth-order valence-electron chi connectivity index (χ4n) is 3.66. The van der Waals surface area contributed by atoms with Gasteiger partial charge in [0.15, 0.2) is 11.6 Å². The Hall–Kier alpha value is -3.38. The molecule has 0 saturated carbocycles. The summed E-state index contributed by atoms with van der Waals surface area (Å²) in [5.74, 6) is -0.192. The van der Waals surface area contributed by atoms with Gasteiger partial charge in [0.05, 0.1) is 30.5 Å². The van der Waals surface area contributed by atoms with E-state index in [-0.39, 0.29) is 17.5 Å². The summed E-state index contributed by atoms with van der Waals surface area (Å²) in [7, 11) is 2.06. The monoisotopic (exact) mass is 444 g/mol. The number of rotatable bonds is 6. The van der Waals surface area contributed by atoms with E-state index in [2.05, 4.69) is 37.3 Å². The number of benzene rings is 1. The number of non-ortho nitro benzene ring substituents is 1.